The first-order valence-corrected chi connectivity index (χ1v) is 13.3. The van der Waals surface area contributed by atoms with Crippen LogP contribution in [0.15, 0.2) is 47.5 Å². The molecule has 2 aliphatic heterocycles. The Balaban J connectivity index is 1.05. The number of rotatable bonds is 8. The van der Waals surface area contributed by atoms with Gasteiger partial charge in [-0.2, -0.15) is 0 Å². The minimum absolute atomic E-state index is 0.0922. The van der Waals surface area contributed by atoms with Gasteiger partial charge in [-0.25, -0.2) is 0 Å². The van der Waals surface area contributed by atoms with Crippen LogP contribution >= 0.6 is 0 Å². The molecular formula is C28H29N7O4. The Morgan fingerprint density at radius 2 is 1.90 bits per heavy atom. The zero-order valence-electron chi connectivity index (χ0n) is 21.3. The van der Waals surface area contributed by atoms with Gasteiger partial charge in [-0.05, 0) is 62.1 Å². The van der Waals surface area contributed by atoms with Crippen LogP contribution in [0.2, 0.25) is 0 Å². The second-order valence-corrected chi connectivity index (χ2v) is 10.6. The molecule has 39 heavy (non-hydrogen) atoms. The number of carbonyl (C=O) groups is 4. The number of nitrogens with zero attached hydrogens (tertiary/aromatic N) is 4. The van der Waals surface area contributed by atoms with E-state index >= 15 is 0 Å². The van der Waals surface area contributed by atoms with Crippen molar-refractivity contribution in [2.24, 2.45) is 22.6 Å². The number of nitrogens with two attached hydrogens (primary N) is 1. The van der Waals surface area contributed by atoms with Crippen molar-refractivity contribution in [3.05, 3.63) is 59.3 Å². The van der Waals surface area contributed by atoms with Crippen LogP contribution < -0.4 is 16.4 Å². The molecule has 1 saturated heterocycles. The van der Waals surface area contributed by atoms with Crippen LogP contribution in [-0.2, 0) is 9.59 Å². The van der Waals surface area contributed by atoms with Crippen molar-refractivity contribution in [2.45, 2.75) is 50.6 Å². The summed E-state index contributed by atoms with van der Waals surface area (Å²) in [5.41, 5.74) is 10.1. The molecule has 0 spiro atoms. The van der Waals surface area contributed by atoms with E-state index in [4.69, 9.17) is 10.7 Å². The Kier molecular flexibility index (Phi) is 6.41. The molecule has 11 nitrogen and oxygen atoms in total. The van der Waals surface area contributed by atoms with Gasteiger partial charge in [0.2, 0.25) is 11.8 Å². The Morgan fingerprint density at radius 1 is 1.10 bits per heavy atom. The molecule has 1 aromatic heterocycles. The van der Waals surface area contributed by atoms with Gasteiger partial charge in [0.15, 0.2) is 0 Å². The van der Waals surface area contributed by atoms with Gasteiger partial charge in [0.25, 0.3) is 11.8 Å². The highest BCUT2D eigenvalue weighted by Crippen LogP contribution is 2.37. The Labute approximate surface area is 225 Å². The molecule has 3 heterocycles. The number of allylic oxidation sites excluding steroid dienone is 2. The fourth-order valence-electron chi connectivity index (χ4n) is 5.35. The van der Waals surface area contributed by atoms with Crippen molar-refractivity contribution in [3.63, 3.8) is 0 Å². The summed E-state index contributed by atoms with van der Waals surface area (Å²) in [5.74, 6) is -1.21. The number of hydrogen-bond acceptors (Lipinski definition) is 9. The van der Waals surface area contributed by atoms with Crippen molar-refractivity contribution in [2.75, 3.05) is 11.9 Å². The van der Waals surface area contributed by atoms with Gasteiger partial charge in [-0.1, -0.05) is 0 Å². The first-order chi connectivity index (χ1) is 18.9. The van der Waals surface area contributed by atoms with Gasteiger partial charge in [0.05, 0.1) is 29.1 Å². The molecule has 2 aliphatic carbocycles. The number of amides is 4. The lowest BCUT2D eigenvalue weighted by molar-refractivity contribution is -0.136. The van der Waals surface area contributed by atoms with Crippen LogP contribution in [0.1, 0.15) is 64.9 Å². The van der Waals surface area contributed by atoms with E-state index in [2.05, 4.69) is 20.6 Å². The fraction of sp³-hybridized carbons (Fsp3) is 0.393. The maximum Gasteiger partial charge on any atom is 0.262 e. The number of hydrogen-bond donors (Lipinski definition) is 3. The van der Waals surface area contributed by atoms with E-state index in [1.807, 2.05) is 6.21 Å². The summed E-state index contributed by atoms with van der Waals surface area (Å²) in [6, 6.07) is 4.28. The van der Waals surface area contributed by atoms with Crippen molar-refractivity contribution < 1.29 is 19.2 Å². The standard InChI is InChI=1S/C28H29N7O4/c29-25(16-1-2-16)21(22-14-30-7-8-31-22)13-33-18-9-15(10-18)12-32-17-3-4-19-20(11-17)28(39)35(27(19)38)23-5-6-24(36)34-26(23)37/h3-4,7-8,11,13-16,18,23,32H,1-2,5-6,9-10,12,29H2,(H,34,36,37). The topological polar surface area (TPSA) is 160 Å². The second-order valence-electron chi connectivity index (χ2n) is 10.6. The van der Waals surface area contributed by atoms with E-state index < -0.39 is 29.7 Å². The molecular weight excluding hydrogens is 498 g/mol. The zero-order chi connectivity index (χ0) is 27.1. The van der Waals surface area contributed by atoms with Gasteiger partial charge in [0.1, 0.15) is 6.04 Å². The predicted octanol–water partition coefficient (Wildman–Crippen LogP) is 1.92. The highest BCUT2D eigenvalue weighted by molar-refractivity contribution is 6.23. The minimum atomic E-state index is -0.970. The molecule has 2 saturated carbocycles. The number of benzene rings is 1. The number of imide groups is 2. The van der Waals surface area contributed by atoms with Crippen LogP contribution in [0.5, 0.6) is 0 Å². The van der Waals surface area contributed by atoms with E-state index in [1.165, 1.54) is 0 Å². The summed E-state index contributed by atoms with van der Waals surface area (Å²) in [4.78, 5) is 63.9. The maximum atomic E-state index is 13.0. The number of aromatic nitrogens is 2. The van der Waals surface area contributed by atoms with Crippen LogP contribution in [0.25, 0.3) is 5.57 Å². The predicted molar refractivity (Wildman–Crippen MR) is 142 cm³/mol. The second kappa shape index (κ2) is 10.0. The van der Waals surface area contributed by atoms with Crippen LogP contribution in [0, 0.1) is 11.8 Å². The van der Waals surface area contributed by atoms with Gasteiger partial charge in [-0.15, -0.1) is 0 Å². The monoisotopic (exact) mass is 527 g/mol. The van der Waals surface area contributed by atoms with Crippen LogP contribution in [-0.4, -0.2) is 63.3 Å². The number of anilines is 1. The smallest absolute Gasteiger partial charge is 0.262 e. The summed E-state index contributed by atoms with van der Waals surface area (Å²) in [6.07, 6.45) is 11.1. The average Bonchev–Trinajstić information content (AvgIpc) is 3.73. The molecule has 200 valence electrons. The van der Waals surface area contributed by atoms with Crippen molar-refractivity contribution in [3.8, 4) is 0 Å². The number of piperidine rings is 1. The average molecular weight is 528 g/mol. The third kappa shape index (κ3) is 4.91. The Hall–Kier alpha value is -4.41. The third-order valence-electron chi connectivity index (χ3n) is 7.83. The molecule has 1 aromatic carbocycles. The molecule has 6 rings (SSSR count). The summed E-state index contributed by atoms with van der Waals surface area (Å²) in [5, 5.41) is 5.58. The summed E-state index contributed by atoms with van der Waals surface area (Å²) < 4.78 is 0. The summed E-state index contributed by atoms with van der Waals surface area (Å²) in [6.45, 7) is 0.709. The highest BCUT2D eigenvalue weighted by atomic mass is 16.2. The molecule has 2 aromatic rings. The normalized spacial score (nSPS) is 25.3. The molecule has 11 heteroatoms. The van der Waals surface area contributed by atoms with Crippen LogP contribution in [0.3, 0.4) is 0 Å². The molecule has 4 N–H and O–H groups in total. The largest absolute Gasteiger partial charge is 0.401 e. The number of fused-ring (bicyclic) bond motifs is 1. The molecule has 4 amide bonds. The minimum Gasteiger partial charge on any atom is -0.401 e. The van der Waals surface area contributed by atoms with E-state index in [-0.39, 0.29) is 30.0 Å². The first kappa shape index (κ1) is 24.9. The summed E-state index contributed by atoms with van der Waals surface area (Å²) >= 11 is 0. The quantitative estimate of drug-likeness (QED) is 0.347. The highest BCUT2D eigenvalue weighted by Gasteiger charge is 2.44. The molecule has 3 fully saturated rings. The van der Waals surface area contributed by atoms with E-state index in [9.17, 15) is 19.2 Å². The van der Waals surface area contributed by atoms with Crippen molar-refractivity contribution in [1.29, 1.82) is 0 Å². The summed E-state index contributed by atoms with van der Waals surface area (Å²) in [7, 11) is 0. The van der Waals surface area contributed by atoms with E-state index in [1.54, 1.807) is 36.8 Å². The molecule has 0 radical (unpaired) electrons. The molecule has 0 bridgehead atoms. The van der Waals surface area contributed by atoms with Gasteiger partial charge in [-0.3, -0.25) is 44.4 Å². The Morgan fingerprint density at radius 3 is 2.62 bits per heavy atom. The van der Waals surface area contributed by atoms with Gasteiger partial charge < -0.3 is 11.1 Å². The lowest BCUT2D eigenvalue weighted by atomic mass is 9.80. The molecule has 1 unspecified atom stereocenters. The van der Waals surface area contributed by atoms with Crippen LogP contribution in [0.4, 0.5) is 5.69 Å². The maximum absolute atomic E-state index is 13.0. The fourth-order valence-corrected chi connectivity index (χ4v) is 5.35. The third-order valence-corrected chi connectivity index (χ3v) is 7.83. The lowest BCUT2D eigenvalue weighted by Crippen LogP contribution is -2.54. The van der Waals surface area contributed by atoms with Crippen molar-refractivity contribution >= 4 is 41.1 Å². The van der Waals surface area contributed by atoms with Gasteiger partial charge in [0, 0.05) is 48.5 Å². The van der Waals surface area contributed by atoms with E-state index in [0.717, 1.165) is 53.2 Å². The van der Waals surface area contributed by atoms with E-state index in [0.29, 0.717) is 18.4 Å². The number of aliphatic imine (C=N–C) groups is 1. The van der Waals surface area contributed by atoms with Crippen molar-refractivity contribution in [1.82, 2.24) is 20.2 Å². The lowest BCUT2D eigenvalue weighted by Gasteiger charge is -2.33. The zero-order valence-corrected chi connectivity index (χ0v) is 21.3. The molecule has 4 aliphatic rings. The SMILES string of the molecule is NC(=C(C=NC1CC(CNc2ccc3c(c2)C(=O)N(C2CCC(=O)NC2=O)C3=O)C1)c1cnccn1)C1CC1. The Bertz CT molecular complexity index is 1410. The molecule has 1 atom stereocenters. The first-order valence-electron chi connectivity index (χ1n) is 13.3. The number of nitrogens with one attached hydrogen (secondary N) is 2. The number of carbonyl (C=O) groups excluding carboxylic acids is 4. The van der Waals surface area contributed by atoms with Gasteiger partial charge >= 0.3 is 0 Å².